The molecule has 1 heterocycles. The summed E-state index contributed by atoms with van der Waals surface area (Å²) >= 11 is 4.66. The summed E-state index contributed by atoms with van der Waals surface area (Å²) in [6, 6.07) is 5.21. The predicted molar refractivity (Wildman–Crippen MR) is 71.2 cm³/mol. The van der Waals surface area contributed by atoms with E-state index in [-0.39, 0.29) is 21.8 Å². The largest absolute Gasteiger partial charge is 0.493 e. The Labute approximate surface area is 115 Å². The summed E-state index contributed by atoms with van der Waals surface area (Å²) < 4.78 is -0.0400. The number of aromatic amines is 2. The molecule has 102 valence electrons. The molecule has 2 aromatic rings. The molecule has 10 heteroatoms. The molecule has 1 aromatic heterocycles. The van der Waals surface area contributed by atoms with Gasteiger partial charge in [0, 0.05) is 12.1 Å². The number of azo groups is 1. The molecule has 0 saturated carbocycles. The van der Waals surface area contributed by atoms with Crippen molar-refractivity contribution in [1.82, 2.24) is 9.97 Å². The normalized spacial score (nSPS) is 10.8. The van der Waals surface area contributed by atoms with E-state index in [1.165, 1.54) is 24.3 Å². The first-order valence-corrected chi connectivity index (χ1v) is 5.60. The van der Waals surface area contributed by atoms with Gasteiger partial charge in [0.1, 0.15) is 0 Å². The van der Waals surface area contributed by atoms with E-state index in [4.69, 9.17) is 0 Å². The minimum absolute atomic E-state index is 0.0400. The molecule has 0 unspecified atom stereocenters. The highest BCUT2D eigenvalue weighted by Crippen LogP contribution is 2.22. The fourth-order valence-electron chi connectivity index (χ4n) is 1.31. The van der Waals surface area contributed by atoms with Crippen LogP contribution >= 0.6 is 12.2 Å². The lowest BCUT2D eigenvalue weighted by Crippen LogP contribution is -2.06. The fraction of sp³-hybridized carbons (Fsp3) is 0. The van der Waals surface area contributed by atoms with Crippen LogP contribution in [0.15, 0.2) is 39.3 Å². The molecule has 0 bridgehead atoms. The van der Waals surface area contributed by atoms with E-state index in [0.29, 0.717) is 0 Å². The second-order valence-electron chi connectivity index (χ2n) is 3.58. The quantitative estimate of drug-likeness (QED) is 0.345. The Morgan fingerprint density at radius 1 is 1.20 bits per heavy atom. The summed E-state index contributed by atoms with van der Waals surface area (Å²) in [7, 11) is 0. The number of rotatable bonds is 3. The molecule has 0 aliphatic carbocycles. The molecule has 3 N–H and O–H groups in total. The maximum atomic E-state index is 11.5. The van der Waals surface area contributed by atoms with Crippen LogP contribution < -0.4 is 5.56 Å². The average Bonchev–Trinajstić information content (AvgIpc) is 2.38. The molecule has 9 nitrogen and oxygen atoms in total. The van der Waals surface area contributed by atoms with Gasteiger partial charge < -0.3 is 10.1 Å². The van der Waals surface area contributed by atoms with Gasteiger partial charge in [-0.25, -0.2) is 0 Å². The number of hydrogen-bond acceptors (Lipinski definition) is 7. The van der Waals surface area contributed by atoms with Gasteiger partial charge in [-0.2, -0.15) is 5.11 Å². The van der Waals surface area contributed by atoms with Crippen LogP contribution in [-0.2, 0) is 0 Å². The van der Waals surface area contributed by atoms with E-state index in [1.807, 2.05) is 0 Å². The Morgan fingerprint density at radius 2 is 1.85 bits per heavy atom. The molecular weight excluding hydrogens is 286 g/mol. The third kappa shape index (κ3) is 2.92. The highest BCUT2D eigenvalue weighted by molar-refractivity contribution is 7.71. The summed E-state index contributed by atoms with van der Waals surface area (Å²) in [4.78, 5) is 26.0. The first-order chi connectivity index (χ1) is 9.47. The monoisotopic (exact) mass is 293 g/mol. The van der Waals surface area contributed by atoms with E-state index in [9.17, 15) is 20.0 Å². The van der Waals surface area contributed by atoms with Crippen LogP contribution in [0.5, 0.6) is 5.88 Å². The molecule has 0 aliphatic rings. The molecule has 0 amide bonds. The summed E-state index contributed by atoms with van der Waals surface area (Å²) in [6.07, 6.45) is 0. The third-order valence-corrected chi connectivity index (χ3v) is 2.43. The fourth-order valence-corrected chi connectivity index (χ4v) is 1.50. The Hall–Kier alpha value is -2.88. The Kier molecular flexibility index (Phi) is 3.66. The number of nitrogens with zero attached hydrogens (tertiary/aromatic N) is 3. The average molecular weight is 293 g/mol. The summed E-state index contributed by atoms with van der Waals surface area (Å²) in [5.41, 5.74) is -0.834. The number of non-ortho nitro benzene ring substituents is 1. The zero-order chi connectivity index (χ0) is 14.7. The van der Waals surface area contributed by atoms with E-state index < -0.39 is 16.4 Å². The van der Waals surface area contributed by atoms with Gasteiger partial charge in [0.15, 0.2) is 4.77 Å². The molecule has 0 radical (unpaired) electrons. The first-order valence-electron chi connectivity index (χ1n) is 5.19. The van der Waals surface area contributed by atoms with Crippen LogP contribution in [0, 0.1) is 14.9 Å². The van der Waals surface area contributed by atoms with Gasteiger partial charge in [0.25, 0.3) is 11.2 Å². The van der Waals surface area contributed by atoms with Crippen molar-refractivity contribution in [3.63, 3.8) is 0 Å². The zero-order valence-corrected chi connectivity index (χ0v) is 10.5. The van der Waals surface area contributed by atoms with E-state index in [2.05, 4.69) is 32.4 Å². The minimum atomic E-state index is -0.697. The Morgan fingerprint density at radius 3 is 2.40 bits per heavy atom. The molecule has 0 fully saturated rings. The first kappa shape index (κ1) is 13.5. The molecular formula is C10H7N5O4S. The molecule has 2 rings (SSSR count). The molecule has 20 heavy (non-hydrogen) atoms. The lowest BCUT2D eigenvalue weighted by atomic mass is 10.3. The van der Waals surface area contributed by atoms with Gasteiger partial charge in [-0.05, 0) is 24.4 Å². The molecule has 0 aliphatic heterocycles. The lowest BCUT2D eigenvalue weighted by Gasteiger charge is -1.96. The van der Waals surface area contributed by atoms with E-state index >= 15 is 0 Å². The third-order valence-electron chi connectivity index (χ3n) is 2.22. The van der Waals surface area contributed by atoms with Crippen LogP contribution in [0.25, 0.3) is 0 Å². The van der Waals surface area contributed by atoms with E-state index in [1.54, 1.807) is 0 Å². The van der Waals surface area contributed by atoms with Gasteiger partial charge in [-0.15, -0.1) is 5.11 Å². The maximum absolute atomic E-state index is 11.5. The van der Waals surface area contributed by atoms with Crippen molar-refractivity contribution in [3.05, 3.63) is 49.5 Å². The van der Waals surface area contributed by atoms with Gasteiger partial charge in [0.2, 0.25) is 11.6 Å². The smallest absolute Gasteiger partial charge is 0.283 e. The van der Waals surface area contributed by atoms with Crippen molar-refractivity contribution >= 4 is 29.3 Å². The van der Waals surface area contributed by atoms with Gasteiger partial charge in [-0.3, -0.25) is 19.9 Å². The maximum Gasteiger partial charge on any atom is 0.283 e. The van der Waals surface area contributed by atoms with Crippen molar-refractivity contribution in [2.75, 3.05) is 0 Å². The van der Waals surface area contributed by atoms with Crippen LogP contribution in [0.3, 0.4) is 0 Å². The van der Waals surface area contributed by atoms with Crippen LogP contribution in [0.4, 0.5) is 17.1 Å². The van der Waals surface area contributed by atoms with E-state index in [0.717, 1.165) is 0 Å². The Bertz CT molecular complexity index is 793. The predicted octanol–water partition coefficient (Wildman–Crippen LogP) is 2.46. The molecule has 0 saturated heterocycles. The van der Waals surface area contributed by atoms with Crippen molar-refractivity contribution in [2.45, 2.75) is 0 Å². The van der Waals surface area contributed by atoms with Crippen molar-refractivity contribution in [2.24, 2.45) is 10.2 Å². The number of H-pyrrole nitrogens is 2. The number of nitro benzene ring substituents is 1. The number of nitrogens with one attached hydrogen (secondary N) is 2. The van der Waals surface area contributed by atoms with Gasteiger partial charge in [0.05, 0.1) is 10.6 Å². The summed E-state index contributed by atoms with van der Waals surface area (Å²) in [6.45, 7) is 0. The number of benzene rings is 1. The molecule has 1 aromatic carbocycles. The topological polar surface area (TPSA) is 137 Å². The standard InChI is InChI=1S/C10H7N5O4S/c16-8-7(9(17)12-10(20)11-8)14-13-5-1-3-6(4-2-5)15(18)19/h1-4H,(H3,11,12,16,17,20). The second kappa shape index (κ2) is 5.40. The van der Waals surface area contributed by atoms with Crippen LogP contribution in [-0.4, -0.2) is 20.0 Å². The zero-order valence-electron chi connectivity index (χ0n) is 9.73. The van der Waals surface area contributed by atoms with Gasteiger partial charge in [-0.1, -0.05) is 0 Å². The summed E-state index contributed by atoms with van der Waals surface area (Å²) in [5, 5.41) is 27.2. The van der Waals surface area contributed by atoms with Crippen molar-refractivity contribution < 1.29 is 10.0 Å². The highest BCUT2D eigenvalue weighted by atomic mass is 32.1. The van der Waals surface area contributed by atoms with Crippen LogP contribution in [0.1, 0.15) is 0 Å². The van der Waals surface area contributed by atoms with Crippen LogP contribution in [0.2, 0.25) is 0 Å². The molecule has 0 atom stereocenters. The number of aromatic hydroxyl groups is 1. The van der Waals surface area contributed by atoms with Crippen molar-refractivity contribution in [3.8, 4) is 5.88 Å². The SMILES string of the molecule is O=c1[nH]c(=S)[nH]c(O)c1N=Nc1ccc([N+](=O)[O-])cc1. The van der Waals surface area contributed by atoms with Gasteiger partial charge >= 0.3 is 0 Å². The second-order valence-corrected chi connectivity index (χ2v) is 3.99. The number of nitro groups is 1. The lowest BCUT2D eigenvalue weighted by molar-refractivity contribution is -0.384. The molecule has 0 spiro atoms. The number of aromatic nitrogens is 2. The summed E-state index contributed by atoms with van der Waals surface area (Å²) in [5.74, 6) is -0.510. The Balaban J connectivity index is 2.32. The minimum Gasteiger partial charge on any atom is -0.493 e. The van der Waals surface area contributed by atoms with Crippen molar-refractivity contribution in [1.29, 1.82) is 0 Å². The number of hydrogen-bond donors (Lipinski definition) is 3. The highest BCUT2D eigenvalue weighted by Gasteiger charge is 2.07.